The maximum atomic E-state index is 12.9. The minimum absolute atomic E-state index is 0.00469. The maximum absolute atomic E-state index is 12.9. The van der Waals surface area contributed by atoms with E-state index < -0.39 is 5.63 Å². The third-order valence-electron chi connectivity index (χ3n) is 5.08. The minimum atomic E-state index is -0.648. The third-order valence-corrected chi connectivity index (χ3v) is 5.08. The van der Waals surface area contributed by atoms with Crippen LogP contribution in [0.25, 0.3) is 22.1 Å². The molecule has 0 aliphatic heterocycles. The van der Waals surface area contributed by atoms with Crippen molar-refractivity contribution >= 4 is 11.0 Å². The largest absolute Gasteiger partial charge is 0.508 e. The first kappa shape index (κ1) is 22.2. The van der Waals surface area contributed by atoms with Gasteiger partial charge in [-0.3, -0.25) is 0 Å². The topological polar surface area (TPSA) is 81.4 Å². The highest BCUT2D eigenvalue weighted by molar-refractivity contribution is 5.97. The van der Waals surface area contributed by atoms with Gasteiger partial charge in [0.1, 0.15) is 35.2 Å². The number of phenols is 1. The zero-order valence-corrected chi connectivity index (χ0v) is 18.7. The summed E-state index contributed by atoms with van der Waals surface area (Å²) in [6.45, 7) is 1.37. The number of benzene rings is 3. The van der Waals surface area contributed by atoms with Crippen molar-refractivity contribution in [3.63, 3.8) is 0 Å². The highest BCUT2D eigenvalue weighted by Gasteiger charge is 2.19. The fourth-order valence-corrected chi connectivity index (χ4v) is 3.38. The van der Waals surface area contributed by atoms with Gasteiger partial charge in [-0.05, 0) is 68.2 Å². The fraction of sp³-hybridized carbons (Fsp3) is 0.192. The molecule has 3 aromatic carbocycles. The number of fused-ring (bicyclic) bond motifs is 1. The van der Waals surface area contributed by atoms with Crippen LogP contribution in [0.15, 0.2) is 75.9 Å². The summed E-state index contributed by atoms with van der Waals surface area (Å²) in [5.41, 5.74) is 0.938. The molecule has 1 N–H and O–H groups in total. The van der Waals surface area contributed by atoms with Crippen LogP contribution in [0, 0.1) is 0 Å². The Morgan fingerprint density at radius 3 is 2.24 bits per heavy atom. The predicted molar refractivity (Wildman–Crippen MR) is 127 cm³/mol. The molecular formula is C26H25NO6. The van der Waals surface area contributed by atoms with Crippen LogP contribution in [0.2, 0.25) is 0 Å². The van der Waals surface area contributed by atoms with E-state index in [4.69, 9.17) is 18.6 Å². The lowest BCUT2D eigenvalue weighted by Gasteiger charge is -2.14. The molecule has 170 valence electrons. The highest BCUT2D eigenvalue weighted by atomic mass is 16.5. The van der Waals surface area contributed by atoms with Gasteiger partial charge in [-0.1, -0.05) is 12.1 Å². The van der Waals surface area contributed by atoms with E-state index in [2.05, 4.69) is 0 Å². The summed E-state index contributed by atoms with van der Waals surface area (Å²) in [5.74, 6) is 1.92. The van der Waals surface area contributed by atoms with Gasteiger partial charge in [0.05, 0.1) is 7.11 Å². The van der Waals surface area contributed by atoms with Gasteiger partial charge in [-0.2, -0.15) is 0 Å². The van der Waals surface area contributed by atoms with E-state index in [1.54, 1.807) is 43.5 Å². The number of nitrogens with zero attached hydrogens (tertiary/aromatic N) is 1. The molecule has 0 atom stereocenters. The number of phenolic OH excluding ortho intramolecular Hbond substituents is 1. The molecule has 0 saturated carbocycles. The van der Waals surface area contributed by atoms with Crippen molar-refractivity contribution in [2.24, 2.45) is 0 Å². The molecule has 0 saturated heterocycles. The molecule has 7 nitrogen and oxygen atoms in total. The molecular weight excluding hydrogens is 422 g/mol. The molecule has 0 fully saturated rings. The van der Waals surface area contributed by atoms with E-state index in [0.29, 0.717) is 29.1 Å². The number of methoxy groups -OCH3 is 1. The lowest BCUT2D eigenvalue weighted by molar-refractivity contribution is 0.261. The fourth-order valence-electron chi connectivity index (χ4n) is 3.38. The van der Waals surface area contributed by atoms with Crippen molar-refractivity contribution in [2.75, 3.05) is 34.4 Å². The summed E-state index contributed by atoms with van der Waals surface area (Å²) in [6, 6.07) is 19.0. The average molecular weight is 447 g/mol. The van der Waals surface area contributed by atoms with Gasteiger partial charge >= 0.3 is 5.63 Å². The monoisotopic (exact) mass is 447 g/mol. The Bertz CT molecular complexity index is 1290. The summed E-state index contributed by atoms with van der Waals surface area (Å²) >= 11 is 0. The van der Waals surface area contributed by atoms with E-state index in [0.717, 1.165) is 17.9 Å². The van der Waals surface area contributed by atoms with Crippen LogP contribution < -0.4 is 19.8 Å². The van der Waals surface area contributed by atoms with Crippen LogP contribution in [-0.2, 0) is 0 Å². The first-order valence-electron chi connectivity index (χ1n) is 10.4. The average Bonchev–Trinajstić information content (AvgIpc) is 2.80. The van der Waals surface area contributed by atoms with Crippen molar-refractivity contribution in [1.82, 2.24) is 4.90 Å². The molecule has 1 heterocycles. The van der Waals surface area contributed by atoms with Gasteiger partial charge in [-0.15, -0.1) is 0 Å². The zero-order chi connectivity index (χ0) is 23.4. The Morgan fingerprint density at radius 1 is 0.909 bits per heavy atom. The number of rotatable bonds is 8. The molecule has 4 aromatic rings. The number of hydrogen-bond donors (Lipinski definition) is 1. The lowest BCUT2D eigenvalue weighted by atomic mass is 10.0. The van der Waals surface area contributed by atoms with Gasteiger partial charge in [0.25, 0.3) is 0 Å². The zero-order valence-electron chi connectivity index (χ0n) is 18.7. The number of aromatic hydroxyl groups is 1. The molecule has 33 heavy (non-hydrogen) atoms. The SMILES string of the molecule is COc1ccc(Oc2c(-c3ccc(OCCN(C)C)cc3)c3ccc(O)cc3oc2=O)cc1. The molecule has 0 spiro atoms. The molecule has 7 heteroatoms. The van der Waals surface area contributed by atoms with Crippen molar-refractivity contribution in [2.45, 2.75) is 0 Å². The van der Waals surface area contributed by atoms with E-state index in [-0.39, 0.29) is 17.1 Å². The Hall–Kier alpha value is -3.97. The van der Waals surface area contributed by atoms with Crippen molar-refractivity contribution < 1.29 is 23.7 Å². The van der Waals surface area contributed by atoms with E-state index in [1.165, 1.54) is 6.07 Å². The normalized spacial score (nSPS) is 11.0. The summed E-state index contributed by atoms with van der Waals surface area (Å²) in [7, 11) is 5.55. The Morgan fingerprint density at radius 2 is 1.58 bits per heavy atom. The van der Waals surface area contributed by atoms with Crippen LogP contribution in [-0.4, -0.2) is 44.4 Å². The molecule has 0 radical (unpaired) electrons. The third kappa shape index (κ3) is 5.10. The molecule has 0 aliphatic carbocycles. The summed E-state index contributed by atoms with van der Waals surface area (Å²) in [4.78, 5) is 15.0. The van der Waals surface area contributed by atoms with Crippen LogP contribution >= 0.6 is 0 Å². The number of ether oxygens (including phenoxy) is 3. The predicted octanol–water partition coefficient (Wildman–Crippen LogP) is 4.91. The van der Waals surface area contributed by atoms with Crippen molar-refractivity contribution in [3.05, 3.63) is 77.2 Å². The maximum Gasteiger partial charge on any atom is 0.380 e. The molecule has 0 bridgehead atoms. The summed E-state index contributed by atoms with van der Waals surface area (Å²) in [5, 5.41) is 10.5. The Balaban J connectivity index is 1.77. The van der Waals surface area contributed by atoms with Gasteiger partial charge in [0.2, 0.25) is 5.75 Å². The summed E-state index contributed by atoms with van der Waals surface area (Å²) in [6.07, 6.45) is 0. The van der Waals surface area contributed by atoms with E-state index in [9.17, 15) is 9.90 Å². The molecule has 0 amide bonds. The van der Waals surface area contributed by atoms with Gasteiger partial charge in [0.15, 0.2) is 0 Å². The quantitative estimate of drug-likeness (QED) is 0.385. The standard InChI is InChI=1S/C26H25NO6/c1-27(2)14-15-31-20-7-4-17(5-8-20)24-22-13-6-18(28)16-23(22)33-26(29)25(24)32-21-11-9-19(30-3)10-12-21/h4-13,16,28H,14-15H2,1-3H3. The second-order valence-electron chi connectivity index (χ2n) is 7.73. The first-order chi connectivity index (χ1) is 15.9. The molecule has 0 unspecified atom stereocenters. The van der Waals surface area contributed by atoms with E-state index >= 15 is 0 Å². The van der Waals surface area contributed by atoms with Gasteiger partial charge in [0, 0.05) is 23.6 Å². The smallest absolute Gasteiger partial charge is 0.380 e. The second-order valence-corrected chi connectivity index (χ2v) is 7.73. The van der Waals surface area contributed by atoms with Crippen LogP contribution in [0.3, 0.4) is 0 Å². The summed E-state index contributed by atoms with van der Waals surface area (Å²) < 4.78 is 22.4. The first-order valence-corrected chi connectivity index (χ1v) is 10.4. The number of likely N-dealkylation sites (N-methyl/N-ethyl adjacent to an activating group) is 1. The Kier molecular flexibility index (Phi) is 6.51. The number of hydrogen-bond acceptors (Lipinski definition) is 7. The highest BCUT2D eigenvalue weighted by Crippen LogP contribution is 2.38. The van der Waals surface area contributed by atoms with Crippen LogP contribution in [0.1, 0.15) is 0 Å². The van der Waals surface area contributed by atoms with Crippen molar-refractivity contribution in [1.29, 1.82) is 0 Å². The van der Waals surface area contributed by atoms with Crippen LogP contribution in [0.5, 0.6) is 28.7 Å². The van der Waals surface area contributed by atoms with Crippen molar-refractivity contribution in [3.8, 4) is 39.9 Å². The second kappa shape index (κ2) is 9.67. The van der Waals surface area contributed by atoms with Crippen LogP contribution in [0.4, 0.5) is 0 Å². The lowest BCUT2D eigenvalue weighted by Crippen LogP contribution is -2.19. The van der Waals surface area contributed by atoms with Gasteiger partial charge in [-0.25, -0.2) is 4.79 Å². The van der Waals surface area contributed by atoms with E-state index in [1.807, 2.05) is 43.3 Å². The Labute approximate surface area is 191 Å². The van der Waals surface area contributed by atoms with Gasteiger partial charge < -0.3 is 28.6 Å². The molecule has 1 aromatic heterocycles. The molecule has 0 aliphatic rings. The minimum Gasteiger partial charge on any atom is -0.508 e. The molecule has 4 rings (SSSR count).